The molecule has 0 radical (unpaired) electrons. The topological polar surface area (TPSA) is 35.5 Å². The van der Waals surface area contributed by atoms with Gasteiger partial charge < -0.3 is 9.47 Å². The molecule has 3 nitrogen and oxygen atoms in total. The number of hydrogen-bond acceptors (Lipinski definition) is 3. The van der Waals surface area contributed by atoms with Crippen molar-refractivity contribution in [3.63, 3.8) is 0 Å². The Bertz CT molecular complexity index is 362. The van der Waals surface area contributed by atoms with Gasteiger partial charge in [0.2, 0.25) is 0 Å². The lowest BCUT2D eigenvalue weighted by Gasteiger charge is -2.15. The first-order chi connectivity index (χ1) is 8.65. The number of ether oxygens (including phenoxy) is 2. The molecule has 0 aliphatic carbocycles. The molecule has 1 aromatic rings. The standard InChI is InChI=1S/C14H19IO3/c1-3-11(10-18-14(16)17-4-2)9-12-5-7-13(15)8-6-12/h5-8,11H,3-4,9-10H2,1-2H3. The van der Waals surface area contributed by atoms with Crippen LogP contribution in [-0.2, 0) is 15.9 Å². The van der Waals surface area contributed by atoms with Gasteiger partial charge in [-0.05, 0) is 66.0 Å². The molecule has 0 fully saturated rings. The second-order valence-corrected chi connectivity index (χ2v) is 5.34. The second-order valence-electron chi connectivity index (χ2n) is 4.10. The first-order valence-electron chi connectivity index (χ1n) is 6.19. The van der Waals surface area contributed by atoms with Gasteiger partial charge in [-0.2, -0.15) is 0 Å². The summed E-state index contributed by atoms with van der Waals surface area (Å²) in [6, 6.07) is 8.42. The van der Waals surface area contributed by atoms with Crippen molar-refractivity contribution in [3.8, 4) is 0 Å². The van der Waals surface area contributed by atoms with Crippen LogP contribution in [0.15, 0.2) is 24.3 Å². The van der Waals surface area contributed by atoms with Crippen LogP contribution < -0.4 is 0 Å². The summed E-state index contributed by atoms with van der Waals surface area (Å²) in [5.74, 6) is 0.342. The SMILES string of the molecule is CCOC(=O)OCC(CC)Cc1ccc(I)cc1. The van der Waals surface area contributed by atoms with Gasteiger partial charge in [0.05, 0.1) is 13.2 Å². The van der Waals surface area contributed by atoms with E-state index >= 15 is 0 Å². The maximum atomic E-state index is 11.1. The lowest BCUT2D eigenvalue weighted by Crippen LogP contribution is -2.16. The third-order valence-electron chi connectivity index (χ3n) is 2.71. The van der Waals surface area contributed by atoms with Crippen LogP contribution in [-0.4, -0.2) is 19.4 Å². The van der Waals surface area contributed by atoms with Crippen LogP contribution in [0.1, 0.15) is 25.8 Å². The molecule has 1 rings (SSSR count). The zero-order chi connectivity index (χ0) is 13.4. The fraction of sp³-hybridized carbons (Fsp3) is 0.500. The molecule has 0 N–H and O–H groups in total. The molecule has 0 saturated heterocycles. The molecule has 100 valence electrons. The summed E-state index contributed by atoms with van der Waals surface area (Å²) in [6.45, 7) is 4.64. The van der Waals surface area contributed by atoms with E-state index in [1.165, 1.54) is 9.13 Å². The van der Waals surface area contributed by atoms with Gasteiger partial charge in [0.15, 0.2) is 0 Å². The van der Waals surface area contributed by atoms with E-state index < -0.39 is 6.16 Å². The molecule has 0 heterocycles. The van der Waals surface area contributed by atoms with Gasteiger partial charge in [0.1, 0.15) is 0 Å². The summed E-state index contributed by atoms with van der Waals surface area (Å²) in [5, 5.41) is 0. The quantitative estimate of drug-likeness (QED) is 0.566. The highest BCUT2D eigenvalue weighted by molar-refractivity contribution is 14.1. The van der Waals surface area contributed by atoms with Crippen molar-refractivity contribution >= 4 is 28.7 Å². The largest absolute Gasteiger partial charge is 0.508 e. The van der Waals surface area contributed by atoms with Gasteiger partial charge >= 0.3 is 6.16 Å². The summed E-state index contributed by atoms with van der Waals surface area (Å²) < 4.78 is 11.0. The van der Waals surface area contributed by atoms with Gasteiger partial charge in [0.25, 0.3) is 0 Å². The zero-order valence-corrected chi connectivity index (χ0v) is 13.0. The van der Waals surface area contributed by atoms with Crippen LogP contribution in [0, 0.1) is 9.49 Å². The summed E-state index contributed by atoms with van der Waals surface area (Å²) >= 11 is 2.29. The minimum absolute atomic E-state index is 0.342. The normalized spacial score (nSPS) is 11.9. The first-order valence-corrected chi connectivity index (χ1v) is 7.27. The molecule has 1 aromatic carbocycles. The van der Waals surface area contributed by atoms with Gasteiger partial charge in [-0.15, -0.1) is 0 Å². The summed E-state index contributed by atoms with van der Waals surface area (Å²) in [7, 11) is 0. The average Bonchev–Trinajstić information content (AvgIpc) is 2.37. The fourth-order valence-corrected chi connectivity index (χ4v) is 1.98. The van der Waals surface area contributed by atoms with E-state index in [1.54, 1.807) is 6.92 Å². The molecule has 0 saturated carbocycles. The van der Waals surface area contributed by atoms with Crippen molar-refractivity contribution in [2.24, 2.45) is 5.92 Å². The molecule has 0 spiro atoms. The summed E-state index contributed by atoms with van der Waals surface area (Å²) in [5.41, 5.74) is 1.27. The predicted octanol–water partition coefficient (Wildman–Crippen LogP) is 4.03. The van der Waals surface area contributed by atoms with E-state index in [4.69, 9.17) is 9.47 Å². The molecule has 18 heavy (non-hydrogen) atoms. The number of halogens is 1. The van der Waals surface area contributed by atoms with Gasteiger partial charge in [-0.1, -0.05) is 19.1 Å². The Balaban J connectivity index is 2.42. The van der Waals surface area contributed by atoms with E-state index in [1.807, 2.05) is 0 Å². The van der Waals surface area contributed by atoms with Crippen molar-refractivity contribution in [1.82, 2.24) is 0 Å². The maximum absolute atomic E-state index is 11.1. The molecule has 0 aliphatic rings. The molecule has 0 bridgehead atoms. The van der Waals surface area contributed by atoms with E-state index in [2.05, 4.69) is 53.8 Å². The van der Waals surface area contributed by atoms with E-state index in [0.717, 1.165) is 12.8 Å². The van der Waals surface area contributed by atoms with E-state index in [0.29, 0.717) is 19.1 Å². The highest BCUT2D eigenvalue weighted by atomic mass is 127. The van der Waals surface area contributed by atoms with Crippen LogP contribution in [0.3, 0.4) is 0 Å². The average molecular weight is 362 g/mol. The van der Waals surface area contributed by atoms with Crippen LogP contribution in [0.4, 0.5) is 4.79 Å². The maximum Gasteiger partial charge on any atom is 0.508 e. The first kappa shape index (κ1) is 15.3. The Morgan fingerprint density at radius 1 is 1.22 bits per heavy atom. The molecule has 0 aliphatic heterocycles. The smallest absolute Gasteiger partial charge is 0.435 e. The molecule has 4 heteroatoms. The Kier molecular flexibility index (Phi) is 7.08. The number of rotatable bonds is 6. The van der Waals surface area contributed by atoms with Crippen molar-refractivity contribution in [2.75, 3.05) is 13.2 Å². The molecular weight excluding hydrogens is 343 g/mol. The molecule has 1 unspecified atom stereocenters. The number of carbonyl (C=O) groups is 1. The van der Waals surface area contributed by atoms with Gasteiger partial charge in [-0.25, -0.2) is 4.79 Å². The van der Waals surface area contributed by atoms with Crippen LogP contribution >= 0.6 is 22.6 Å². The van der Waals surface area contributed by atoms with E-state index in [-0.39, 0.29) is 0 Å². The predicted molar refractivity (Wildman–Crippen MR) is 79.6 cm³/mol. The van der Waals surface area contributed by atoms with Crippen molar-refractivity contribution in [2.45, 2.75) is 26.7 Å². The van der Waals surface area contributed by atoms with Crippen molar-refractivity contribution in [1.29, 1.82) is 0 Å². The minimum atomic E-state index is -0.571. The Hall–Kier alpha value is -0.780. The lowest BCUT2D eigenvalue weighted by atomic mass is 9.98. The van der Waals surface area contributed by atoms with Crippen LogP contribution in [0.25, 0.3) is 0 Å². The van der Waals surface area contributed by atoms with Crippen LogP contribution in [0.5, 0.6) is 0 Å². The minimum Gasteiger partial charge on any atom is -0.435 e. The summed E-state index contributed by atoms with van der Waals surface area (Å²) in [6.07, 6.45) is 1.33. The molecule has 0 aromatic heterocycles. The Morgan fingerprint density at radius 3 is 2.44 bits per heavy atom. The number of carbonyl (C=O) groups excluding carboxylic acids is 1. The summed E-state index contributed by atoms with van der Waals surface area (Å²) in [4.78, 5) is 11.1. The Morgan fingerprint density at radius 2 is 1.89 bits per heavy atom. The highest BCUT2D eigenvalue weighted by Gasteiger charge is 2.11. The third-order valence-corrected chi connectivity index (χ3v) is 3.43. The third kappa shape index (κ3) is 5.71. The highest BCUT2D eigenvalue weighted by Crippen LogP contribution is 2.14. The zero-order valence-electron chi connectivity index (χ0n) is 10.8. The number of hydrogen-bond donors (Lipinski definition) is 0. The lowest BCUT2D eigenvalue weighted by molar-refractivity contribution is 0.0471. The number of benzene rings is 1. The van der Waals surface area contributed by atoms with Crippen LogP contribution in [0.2, 0.25) is 0 Å². The van der Waals surface area contributed by atoms with E-state index in [9.17, 15) is 4.79 Å². The molecule has 0 amide bonds. The molecular formula is C14H19IO3. The van der Waals surface area contributed by atoms with Gasteiger partial charge in [0, 0.05) is 3.57 Å². The monoisotopic (exact) mass is 362 g/mol. The van der Waals surface area contributed by atoms with Crippen molar-refractivity contribution < 1.29 is 14.3 Å². The van der Waals surface area contributed by atoms with Gasteiger partial charge in [-0.3, -0.25) is 0 Å². The second kappa shape index (κ2) is 8.34. The fourth-order valence-electron chi connectivity index (χ4n) is 1.62. The Labute approximate surface area is 122 Å². The molecule has 1 atom stereocenters. The van der Waals surface area contributed by atoms with Crippen molar-refractivity contribution in [3.05, 3.63) is 33.4 Å².